The second-order valence-corrected chi connectivity index (χ2v) is 12.5. The number of hydrogen-bond donors (Lipinski definition) is 2. The first kappa shape index (κ1) is 31.1. The third kappa shape index (κ3) is 6.97. The highest BCUT2D eigenvalue weighted by Crippen LogP contribution is 2.35. The number of halogens is 4. The van der Waals surface area contributed by atoms with Crippen molar-refractivity contribution in [2.75, 3.05) is 12.8 Å². The molecular weight excluding hydrogens is 613 g/mol. The Bertz CT molecular complexity index is 1710. The second kappa shape index (κ2) is 12.6. The number of nitrogens with zero attached hydrogens (tertiary/aromatic N) is 1. The van der Waals surface area contributed by atoms with E-state index < -0.39 is 45.3 Å². The number of rotatable bonds is 8. The third-order valence-electron chi connectivity index (χ3n) is 6.71. The average Bonchev–Trinajstić information content (AvgIpc) is 2.91. The summed E-state index contributed by atoms with van der Waals surface area (Å²) in [6, 6.07) is 9.16. The first-order valence-electron chi connectivity index (χ1n) is 12.5. The van der Waals surface area contributed by atoms with E-state index in [4.69, 9.17) is 23.2 Å². The van der Waals surface area contributed by atoms with E-state index in [9.17, 15) is 36.7 Å². The summed E-state index contributed by atoms with van der Waals surface area (Å²) in [5.41, 5.74) is 1.01. The van der Waals surface area contributed by atoms with Gasteiger partial charge in [0.1, 0.15) is 17.7 Å². The van der Waals surface area contributed by atoms with Crippen LogP contribution >= 0.6 is 23.2 Å². The van der Waals surface area contributed by atoms with Crippen LogP contribution in [-0.2, 0) is 38.8 Å². The van der Waals surface area contributed by atoms with Gasteiger partial charge in [0.2, 0.25) is 5.91 Å². The van der Waals surface area contributed by atoms with E-state index in [1.807, 2.05) is 0 Å². The van der Waals surface area contributed by atoms with Gasteiger partial charge in [-0.1, -0.05) is 41.4 Å². The largest absolute Gasteiger partial charge is 0.480 e. The van der Waals surface area contributed by atoms with Gasteiger partial charge in [-0.2, -0.15) is 0 Å². The van der Waals surface area contributed by atoms with Gasteiger partial charge < -0.3 is 15.3 Å². The van der Waals surface area contributed by atoms with Gasteiger partial charge in [0.15, 0.2) is 9.84 Å². The van der Waals surface area contributed by atoms with E-state index in [1.165, 1.54) is 35.2 Å². The van der Waals surface area contributed by atoms with Crippen molar-refractivity contribution in [1.82, 2.24) is 10.2 Å². The predicted octanol–water partition coefficient (Wildman–Crippen LogP) is 4.70. The molecule has 0 bridgehead atoms. The molecule has 8 nitrogen and oxygen atoms in total. The molecule has 13 heteroatoms. The Morgan fingerprint density at radius 3 is 2.40 bits per heavy atom. The van der Waals surface area contributed by atoms with E-state index in [1.54, 1.807) is 6.07 Å². The van der Waals surface area contributed by atoms with Crippen molar-refractivity contribution in [3.05, 3.63) is 104 Å². The monoisotopic (exact) mass is 636 g/mol. The molecule has 0 spiro atoms. The van der Waals surface area contributed by atoms with Crippen molar-refractivity contribution in [1.29, 1.82) is 0 Å². The molecule has 2 N–H and O–H groups in total. The van der Waals surface area contributed by atoms with Crippen molar-refractivity contribution < 1.29 is 36.7 Å². The molecule has 0 aromatic heterocycles. The van der Waals surface area contributed by atoms with Gasteiger partial charge in [0.05, 0.1) is 20.5 Å². The van der Waals surface area contributed by atoms with E-state index >= 15 is 0 Å². The van der Waals surface area contributed by atoms with Crippen molar-refractivity contribution in [2.24, 2.45) is 0 Å². The molecule has 0 aliphatic carbocycles. The molecule has 0 fully saturated rings. The van der Waals surface area contributed by atoms with Crippen molar-refractivity contribution in [3.8, 4) is 0 Å². The van der Waals surface area contributed by atoms with Gasteiger partial charge in [-0.25, -0.2) is 22.0 Å². The highest BCUT2D eigenvalue weighted by molar-refractivity contribution is 7.90. The highest BCUT2D eigenvalue weighted by Gasteiger charge is 2.29. The number of carbonyl (C=O) groups excluding carboxylic acids is 2. The number of carboxylic acid groups (broad SMARTS) is 1. The zero-order valence-corrected chi connectivity index (χ0v) is 24.4. The van der Waals surface area contributed by atoms with Gasteiger partial charge in [0.25, 0.3) is 5.91 Å². The van der Waals surface area contributed by atoms with Crippen molar-refractivity contribution >= 4 is 56.9 Å². The van der Waals surface area contributed by atoms with Crippen LogP contribution in [0.3, 0.4) is 0 Å². The Morgan fingerprint density at radius 1 is 1.10 bits per heavy atom. The van der Waals surface area contributed by atoms with Gasteiger partial charge >= 0.3 is 5.97 Å². The van der Waals surface area contributed by atoms with Crippen LogP contribution in [0.2, 0.25) is 10.0 Å². The highest BCUT2D eigenvalue weighted by atomic mass is 35.5. The maximum atomic E-state index is 13.9. The van der Waals surface area contributed by atoms with Crippen LogP contribution in [0.5, 0.6) is 0 Å². The first-order chi connectivity index (χ1) is 19.8. The van der Waals surface area contributed by atoms with E-state index in [0.717, 1.165) is 30.5 Å². The molecule has 2 amide bonds. The molecule has 0 saturated heterocycles. The van der Waals surface area contributed by atoms with Crippen LogP contribution in [-0.4, -0.2) is 55.1 Å². The average molecular weight is 637 g/mol. The van der Waals surface area contributed by atoms with Gasteiger partial charge in [-0.15, -0.1) is 0 Å². The van der Waals surface area contributed by atoms with Crippen LogP contribution in [0.25, 0.3) is 6.08 Å². The number of amides is 2. The minimum absolute atomic E-state index is 0.00859. The summed E-state index contributed by atoms with van der Waals surface area (Å²) in [6.07, 6.45) is 3.19. The summed E-state index contributed by atoms with van der Waals surface area (Å²) in [5.74, 6) is -4.30. The summed E-state index contributed by atoms with van der Waals surface area (Å²) < 4.78 is 51.5. The van der Waals surface area contributed by atoms with Crippen molar-refractivity contribution in [3.63, 3.8) is 0 Å². The van der Waals surface area contributed by atoms with Crippen LogP contribution < -0.4 is 5.32 Å². The Labute approximate surface area is 250 Å². The Balaban J connectivity index is 1.51. The fraction of sp³-hybridized carbons (Fsp3) is 0.207. The van der Waals surface area contributed by atoms with Gasteiger partial charge in [0, 0.05) is 37.4 Å². The number of fused-ring (bicyclic) bond motifs is 1. The predicted molar refractivity (Wildman–Crippen MR) is 153 cm³/mol. The fourth-order valence-electron chi connectivity index (χ4n) is 4.55. The molecule has 1 atom stereocenters. The summed E-state index contributed by atoms with van der Waals surface area (Å²) in [6.45, 7) is 0.251. The molecule has 42 heavy (non-hydrogen) atoms. The molecule has 4 rings (SSSR count). The maximum absolute atomic E-state index is 13.9. The van der Waals surface area contributed by atoms with E-state index in [-0.39, 0.29) is 52.0 Å². The van der Waals surface area contributed by atoms with Crippen LogP contribution in [0, 0.1) is 11.6 Å². The lowest BCUT2D eigenvalue weighted by molar-refractivity contribution is -0.139. The molecule has 0 saturated carbocycles. The van der Waals surface area contributed by atoms with E-state index in [0.29, 0.717) is 16.7 Å². The maximum Gasteiger partial charge on any atom is 0.326 e. The normalized spacial score (nSPS) is 14.0. The summed E-state index contributed by atoms with van der Waals surface area (Å²) in [4.78, 5) is 39.3. The lowest BCUT2D eigenvalue weighted by Crippen LogP contribution is -2.42. The standard InChI is InChI=1S/C29H24Cl2F2N2O6S/c1-42(40,41)18-5-2-4-16(12-18)13-24(29(38)39)34-28(37)26-21(30)14-17-15-35(11-10-19(17)27(26)31)25(36)9-8-20-22(32)6-3-7-23(20)33/h2-9,12,14,24H,10-11,13,15H2,1H3,(H,34,37)(H,38,39)/b9-8+. The molecule has 1 heterocycles. The number of aliphatic carboxylic acids is 1. The number of nitrogens with one attached hydrogen (secondary N) is 1. The SMILES string of the molecule is CS(=O)(=O)c1cccc(CC(NC(=O)c2c(Cl)cc3c(c2Cl)CCN(C(=O)/C=C/c2c(F)cccc2F)C3)C(=O)O)c1. The zero-order chi connectivity index (χ0) is 30.8. The molecular formula is C29H24Cl2F2N2O6S. The molecule has 1 aliphatic heterocycles. The molecule has 3 aromatic carbocycles. The minimum Gasteiger partial charge on any atom is -0.480 e. The Morgan fingerprint density at radius 2 is 1.76 bits per heavy atom. The third-order valence-corrected chi connectivity index (χ3v) is 8.53. The quantitative estimate of drug-likeness (QED) is 0.346. The molecule has 1 unspecified atom stereocenters. The summed E-state index contributed by atoms with van der Waals surface area (Å²) in [7, 11) is -3.52. The Hall–Kier alpha value is -3.80. The molecule has 1 aliphatic rings. The fourth-order valence-corrected chi connectivity index (χ4v) is 6.00. The first-order valence-corrected chi connectivity index (χ1v) is 15.1. The zero-order valence-electron chi connectivity index (χ0n) is 22.0. The molecule has 0 radical (unpaired) electrons. The van der Waals surface area contributed by atoms with Crippen LogP contribution in [0.15, 0.2) is 59.5 Å². The summed E-state index contributed by atoms with van der Waals surface area (Å²) >= 11 is 13.0. The van der Waals surface area contributed by atoms with E-state index in [2.05, 4.69) is 5.32 Å². The lowest BCUT2D eigenvalue weighted by atomic mass is 9.96. The van der Waals surface area contributed by atoms with Gasteiger partial charge in [-0.05, 0) is 59.5 Å². The number of sulfone groups is 1. The lowest BCUT2D eigenvalue weighted by Gasteiger charge is -2.29. The summed E-state index contributed by atoms with van der Waals surface area (Å²) in [5, 5.41) is 12.1. The Kier molecular flexibility index (Phi) is 9.34. The number of hydrogen-bond acceptors (Lipinski definition) is 5. The molecule has 220 valence electrons. The van der Waals surface area contributed by atoms with Gasteiger partial charge in [-0.3, -0.25) is 9.59 Å². The number of carbonyl (C=O) groups is 3. The van der Waals surface area contributed by atoms with Crippen LogP contribution in [0.1, 0.15) is 32.6 Å². The molecule has 3 aromatic rings. The topological polar surface area (TPSA) is 121 Å². The smallest absolute Gasteiger partial charge is 0.326 e. The minimum atomic E-state index is -3.52. The van der Waals surface area contributed by atoms with Crippen LogP contribution in [0.4, 0.5) is 8.78 Å². The number of carboxylic acids is 1. The second-order valence-electron chi connectivity index (χ2n) is 9.65. The number of benzene rings is 3. The van der Waals surface area contributed by atoms with Crippen molar-refractivity contribution in [2.45, 2.75) is 30.3 Å².